The summed E-state index contributed by atoms with van der Waals surface area (Å²) in [5.41, 5.74) is 4.86. The van der Waals surface area contributed by atoms with E-state index in [0.717, 1.165) is 0 Å². The van der Waals surface area contributed by atoms with E-state index in [2.05, 4.69) is 10.3 Å². The number of carbonyl (C=O) groups is 1. The maximum atomic E-state index is 10.2. The van der Waals surface area contributed by atoms with Gasteiger partial charge in [-0.1, -0.05) is 5.21 Å². The summed E-state index contributed by atoms with van der Waals surface area (Å²) in [5, 5.41) is 7.00. The number of nitrogens with zero attached hydrogens (tertiary/aromatic N) is 3. The Hall–Kier alpha value is -1.10. The third-order valence-corrected chi connectivity index (χ3v) is 0.790. The van der Waals surface area contributed by atoms with Gasteiger partial charge in [0.05, 0.1) is 6.20 Å². The molecule has 0 aliphatic carbocycles. The number of amides is 1. The number of nitrogens with two attached hydrogens (primary N) is 1. The Morgan fingerprint density at radius 1 is 1.70 bits per heavy atom. The number of halogens is 1. The highest BCUT2D eigenvalue weighted by atomic mass is 35.5. The van der Waals surface area contributed by atoms with Crippen LogP contribution in [-0.4, -0.2) is 20.9 Å². The van der Waals surface area contributed by atoms with Crippen molar-refractivity contribution in [2.75, 3.05) is 0 Å². The van der Waals surface area contributed by atoms with Crippen molar-refractivity contribution in [3.05, 3.63) is 12.4 Å². The first-order valence-corrected chi connectivity index (χ1v) is 2.41. The van der Waals surface area contributed by atoms with Crippen LogP contribution in [-0.2, 0) is 11.3 Å². The first-order chi connectivity index (χ1) is 4.29. The van der Waals surface area contributed by atoms with Crippen molar-refractivity contribution in [2.45, 2.75) is 6.54 Å². The fourth-order valence-corrected chi connectivity index (χ4v) is 0.477. The van der Waals surface area contributed by atoms with Crippen LogP contribution in [0, 0.1) is 0 Å². The second kappa shape index (κ2) is 3.84. The zero-order valence-electron chi connectivity index (χ0n) is 5.10. The van der Waals surface area contributed by atoms with E-state index in [0.29, 0.717) is 0 Å². The Labute approximate surface area is 63.6 Å². The van der Waals surface area contributed by atoms with Crippen molar-refractivity contribution in [3.63, 3.8) is 0 Å². The monoisotopic (exact) mass is 162 g/mol. The summed E-state index contributed by atoms with van der Waals surface area (Å²) in [5.74, 6) is -0.416. The molecule has 10 heavy (non-hydrogen) atoms. The maximum Gasteiger partial charge on any atom is 0.239 e. The summed E-state index contributed by atoms with van der Waals surface area (Å²) in [6.45, 7) is 0.0972. The quantitative estimate of drug-likeness (QED) is 0.618. The van der Waals surface area contributed by atoms with Gasteiger partial charge in [0.25, 0.3) is 0 Å². The molecular formula is C4H7ClN4O. The molecule has 56 valence electrons. The molecule has 0 fully saturated rings. The molecule has 0 atom stereocenters. The maximum absolute atomic E-state index is 10.2. The first-order valence-electron chi connectivity index (χ1n) is 2.41. The minimum Gasteiger partial charge on any atom is -0.368 e. The molecule has 0 aliphatic heterocycles. The van der Waals surface area contributed by atoms with Crippen LogP contribution in [0.25, 0.3) is 0 Å². The van der Waals surface area contributed by atoms with E-state index in [9.17, 15) is 4.79 Å². The summed E-state index contributed by atoms with van der Waals surface area (Å²) in [4.78, 5) is 10.2. The molecule has 0 spiro atoms. The van der Waals surface area contributed by atoms with Crippen molar-refractivity contribution in [3.8, 4) is 0 Å². The van der Waals surface area contributed by atoms with Crippen LogP contribution in [0.3, 0.4) is 0 Å². The Morgan fingerprint density at radius 2 is 2.40 bits per heavy atom. The molecule has 1 amide bonds. The Bertz CT molecular complexity index is 197. The fourth-order valence-electron chi connectivity index (χ4n) is 0.477. The van der Waals surface area contributed by atoms with Crippen LogP contribution in [0.4, 0.5) is 0 Å². The van der Waals surface area contributed by atoms with Crippen LogP contribution in [0.15, 0.2) is 12.4 Å². The number of carbonyl (C=O) groups excluding carboxylic acids is 1. The number of rotatable bonds is 2. The fraction of sp³-hybridized carbons (Fsp3) is 0.250. The topological polar surface area (TPSA) is 73.8 Å². The van der Waals surface area contributed by atoms with Gasteiger partial charge in [-0.2, -0.15) is 0 Å². The van der Waals surface area contributed by atoms with E-state index < -0.39 is 5.91 Å². The number of primary amides is 1. The molecule has 0 aromatic carbocycles. The van der Waals surface area contributed by atoms with E-state index in [1.807, 2.05) is 0 Å². The largest absolute Gasteiger partial charge is 0.368 e. The van der Waals surface area contributed by atoms with E-state index >= 15 is 0 Å². The SMILES string of the molecule is Cl.NC(=O)Cn1ccnn1. The summed E-state index contributed by atoms with van der Waals surface area (Å²) in [6.07, 6.45) is 3.06. The van der Waals surface area contributed by atoms with Gasteiger partial charge in [0.15, 0.2) is 0 Å². The lowest BCUT2D eigenvalue weighted by Crippen LogP contribution is -2.18. The lowest BCUT2D eigenvalue weighted by atomic mass is 10.6. The second-order valence-corrected chi connectivity index (χ2v) is 1.57. The minimum atomic E-state index is -0.416. The lowest BCUT2D eigenvalue weighted by molar-refractivity contribution is -0.118. The van der Waals surface area contributed by atoms with Crippen LogP contribution in [0.1, 0.15) is 0 Å². The predicted octanol–water partition coefficient (Wildman–Crippen LogP) is -0.815. The van der Waals surface area contributed by atoms with Gasteiger partial charge in [-0.3, -0.25) is 4.79 Å². The van der Waals surface area contributed by atoms with Crippen molar-refractivity contribution < 1.29 is 4.79 Å². The highest BCUT2D eigenvalue weighted by molar-refractivity contribution is 5.85. The molecule has 1 heterocycles. The third-order valence-electron chi connectivity index (χ3n) is 0.790. The summed E-state index contributed by atoms with van der Waals surface area (Å²) in [7, 11) is 0. The molecular weight excluding hydrogens is 156 g/mol. The number of hydrogen-bond donors (Lipinski definition) is 1. The van der Waals surface area contributed by atoms with Gasteiger partial charge in [0, 0.05) is 6.20 Å². The van der Waals surface area contributed by atoms with E-state index in [-0.39, 0.29) is 19.0 Å². The van der Waals surface area contributed by atoms with Gasteiger partial charge < -0.3 is 5.73 Å². The normalized spacial score (nSPS) is 8.40. The van der Waals surface area contributed by atoms with Crippen molar-refractivity contribution >= 4 is 18.3 Å². The van der Waals surface area contributed by atoms with Crippen LogP contribution in [0.5, 0.6) is 0 Å². The molecule has 1 aromatic rings. The molecule has 6 heteroatoms. The molecule has 0 unspecified atom stereocenters. The number of aromatic nitrogens is 3. The zero-order chi connectivity index (χ0) is 6.69. The van der Waals surface area contributed by atoms with Crippen molar-refractivity contribution in [1.82, 2.24) is 15.0 Å². The Kier molecular flexibility index (Phi) is 3.42. The summed E-state index contributed by atoms with van der Waals surface area (Å²) >= 11 is 0. The van der Waals surface area contributed by atoms with Gasteiger partial charge in [-0.05, 0) is 0 Å². The van der Waals surface area contributed by atoms with Gasteiger partial charge in [-0.15, -0.1) is 17.5 Å². The standard InChI is InChI=1S/C4H6N4O.ClH/c5-4(9)3-8-2-1-6-7-8;/h1-2H,3H2,(H2,5,9);1H. The van der Waals surface area contributed by atoms with E-state index in [4.69, 9.17) is 5.73 Å². The average Bonchev–Trinajstić information content (AvgIpc) is 2.15. The summed E-state index contributed by atoms with van der Waals surface area (Å²) < 4.78 is 1.36. The smallest absolute Gasteiger partial charge is 0.239 e. The first kappa shape index (κ1) is 8.90. The van der Waals surface area contributed by atoms with Gasteiger partial charge in [0.1, 0.15) is 6.54 Å². The second-order valence-electron chi connectivity index (χ2n) is 1.57. The molecule has 0 bridgehead atoms. The molecule has 0 saturated carbocycles. The Morgan fingerprint density at radius 3 is 2.80 bits per heavy atom. The highest BCUT2D eigenvalue weighted by Crippen LogP contribution is 1.77. The molecule has 5 nitrogen and oxygen atoms in total. The minimum absolute atomic E-state index is 0. The predicted molar refractivity (Wildman–Crippen MR) is 36.5 cm³/mol. The zero-order valence-corrected chi connectivity index (χ0v) is 5.91. The van der Waals surface area contributed by atoms with Crippen molar-refractivity contribution in [2.24, 2.45) is 5.73 Å². The highest BCUT2D eigenvalue weighted by Gasteiger charge is 1.94. The number of hydrogen-bond acceptors (Lipinski definition) is 3. The van der Waals surface area contributed by atoms with Crippen LogP contribution < -0.4 is 5.73 Å². The average molecular weight is 163 g/mol. The molecule has 2 N–H and O–H groups in total. The molecule has 0 radical (unpaired) electrons. The van der Waals surface area contributed by atoms with Gasteiger partial charge in [-0.25, -0.2) is 4.68 Å². The summed E-state index contributed by atoms with van der Waals surface area (Å²) in [6, 6.07) is 0. The molecule has 0 aliphatic rings. The molecule has 0 saturated heterocycles. The van der Waals surface area contributed by atoms with Crippen LogP contribution in [0.2, 0.25) is 0 Å². The van der Waals surface area contributed by atoms with E-state index in [1.54, 1.807) is 6.20 Å². The third kappa shape index (κ3) is 2.45. The van der Waals surface area contributed by atoms with Gasteiger partial charge >= 0.3 is 0 Å². The molecule has 1 rings (SSSR count). The molecule has 1 aromatic heterocycles. The van der Waals surface area contributed by atoms with E-state index in [1.165, 1.54) is 10.9 Å². The lowest BCUT2D eigenvalue weighted by Gasteiger charge is -1.90. The Balaban J connectivity index is 0.000000810. The van der Waals surface area contributed by atoms with Crippen LogP contribution >= 0.6 is 12.4 Å². The van der Waals surface area contributed by atoms with Gasteiger partial charge in [0.2, 0.25) is 5.91 Å². The van der Waals surface area contributed by atoms with Crippen molar-refractivity contribution in [1.29, 1.82) is 0 Å².